The Balaban J connectivity index is 1.86. The van der Waals surface area contributed by atoms with E-state index in [1.165, 1.54) is 22.4 Å². The van der Waals surface area contributed by atoms with Crippen molar-refractivity contribution < 1.29 is 27.1 Å². The molecule has 3 aromatic rings. The third-order valence-electron chi connectivity index (χ3n) is 6.43. The number of hydrogen-bond donors (Lipinski definition) is 1. The summed E-state index contributed by atoms with van der Waals surface area (Å²) in [5.41, 5.74) is 1.59. The van der Waals surface area contributed by atoms with Crippen LogP contribution in [0.5, 0.6) is 5.75 Å². The molecule has 0 aromatic heterocycles. The summed E-state index contributed by atoms with van der Waals surface area (Å²) in [5, 5.41) is 2.80. The molecule has 0 unspecified atom stereocenters. The fraction of sp³-hybridized carbons (Fsp3) is 0.333. The second-order valence-corrected chi connectivity index (χ2v) is 11.3. The van der Waals surface area contributed by atoms with Crippen LogP contribution in [0.3, 0.4) is 0 Å². The van der Waals surface area contributed by atoms with E-state index >= 15 is 0 Å². The zero-order valence-electron chi connectivity index (χ0n) is 23.0. The molecule has 214 valence electrons. The van der Waals surface area contributed by atoms with Gasteiger partial charge in [0.15, 0.2) is 0 Å². The number of anilines is 1. The number of ether oxygens (including phenoxy) is 1. The molecule has 8 nitrogen and oxygen atoms in total. The number of methoxy groups -OCH3 is 1. The van der Waals surface area contributed by atoms with Gasteiger partial charge in [-0.05, 0) is 49.2 Å². The van der Waals surface area contributed by atoms with Crippen molar-refractivity contribution in [2.45, 2.75) is 38.8 Å². The summed E-state index contributed by atoms with van der Waals surface area (Å²) in [5.74, 6) is -0.603. The van der Waals surface area contributed by atoms with Crippen molar-refractivity contribution in [3.8, 4) is 5.75 Å². The van der Waals surface area contributed by atoms with E-state index in [-0.39, 0.29) is 49.7 Å². The molecule has 0 aliphatic rings. The first-order valence-electron chi connectivity index (χ1n) is 13.1. The van der Waals surface area contributed by atoms with Crippen molar-refractivity contribution in [1.29, 1.82) is 0 Å². The molecule has 0 heterocycles. The van der Waals surface area contributed by atoms with Gasteiger partial charge >= 0.3 is 0 Å². The van der Waals surface area contributed by atoms with E-state index in [1.807, 2.05) is 30.3 Å². The fourth-order valence-electron chi connectivity index (χ4n) is 4.41. The maximum absolute atomic E-state index is 14.7. The maximum Gasteiger partial charge on any atom is 0.243 e. The molecule has 0 aliphatic heterocycles. The van der Waals surface area contributed by atoms with Gasteiger partial charge in [0.2, 0.25) is 21.8 Å². The van der Waals surface area contributed by atoms with E-state index in [4.69, 9.17) is 4.74 Å². The average molecular weight is 570 g/mol. The Morgan fingerprint density at radius 3 is 2.23 bits per heavy atom. The Hall–Kier alpha value is -3.92. The summed E-state index contributed by atoms with van der Waals surface area (Å²) in [7, 11) is -2.11. The van der Waals surface area contributed by atoms with Crippen LogP contribution >= 0.6 is 0 Å². The number of carbonyl (C=O) groups is 2. The van der Waals surface area contributed by atoms with Crippen LogP contribution < -0.4 is 14.4 Å². The number of nitrogens with one attached hydrogen (secondary N) is 1. The molecule has 3 aromatic carbocycles. The van der Waals surface area contributed by atoms with E-state index in [2.05, 4.69) is 5.32 Å². The second-order valence-electron chi connectivity index (χ2n) is 9.35. The highest BCUT2D eigenvalue weighted by molar-refractivity contribution is 7.92. The minimum atomic E-state index is -3.63. The normalized spacial score (nSPS) is 11.9. The number of amides is 2. The Morgan fingerprint density at radius 2 is 1.62 bits per heavy atom. The van der Waals surface area contributed by atoms with Gasteiger partial charge in [0, 0.05) is 38.0 Å². The lowest BCUT2D eigenvalue weighted by Crippen LogP contribution is -2.50. The summed E-state index contributed by atoms with van der Waals surface area (Å²) in [6, 6.07) is 21.2. The lowest BCUT2D eigenvalue weighted by atomic mass is 10.0. The van der Waals surface area contributed by atoms with Gasteiger partial charge in [-0.1, -0.05) is 48.5 Å². The van der Waals surface area contributed by atoms with E-state index in [0.29, 0.717) is 18.0 Å². The molecule has 1 N–H and O–H groups in total. The van der Waals surface area contributed by atoms with Gasteiger partial charge in [-0.2, -0.15) is 0 Å². The Bertz CT molecular complexity index is 1370. The Labute approximate surface area is 235 Å². The highest BCUT2D eigenvalue weighted by atomic mass is 32.2. The first-order valence-corrected chi connectivity index (χ1v) is 14.9. The van der Waals surface area contributed by atoms with Crippen molar-refractivity contribution in [2.75, 3.05) is 30.8 Å². The second kappa shape index (κ2) is 14.5. The fourth-order valence-corrected chi connectivity index (χ4v) is 5.37. The molecule has 1 atom stereocenters. The third kappa shape index (κ3) is 8.54. The van der Waals surface area contributed by atoms with Crippen molar-refractivity contribution >= 4 is 27.5 Å². The summed E-state index contributed by atoms with van der Waals surface area (Å²) in [4.78, 5) is 28.3. The van der Waals surface area contributed by atoms with Crippen LogP contribution in [0.1, 0.15) is 30.9 Å². The minimum Gasteiger partial charge on any atom is -0.497 e. The van der Waals surface area contributed by atoms with Crippen molar-refractivity contribution in [1.82, 2.24) is 10.2 Å². The molecule has 10 heteroatoms. The maximum atomic E-state index is 14.7. The van der Waals surface area contributed by atoms with Crippen molar-refractivity contribution in [2.24, 2.45) is 0 Å². The van der Waals surface area contributed by atoms with Crippen LogP contribution in [0.15, 0.2) is 78.9 Å². The smallest absolute Gasteiger partial charge is 0.243 e. The highest BCUT2D eigenvalue weighted by Gasteiger charge is 2.30. The molecule has 0 spiro atoms. The quantitative estimate of drug-likeness (QED) is 0.315. The summed E-state index contributed by atoms with van der Waals surface area (Å²) < 4.78 is 46.1. The molecule has 0 aliphatic carbocycles. The molecular weight excluding hydrogens is 533 g/mol. The van der Waals surface area contributed by atoms with Crippen LogP contribution in [0.2, 0.25) is 0 Å². The van der Waals surface area contributed by atoms with Crippen LogP contribution in [-0.4, -0.2) is 57.6 Å². The van der Waals surface area contributed by atoms with Gasteiger partial charge in [-0.3, -0.25) is 13.9 Å². The molecular formula is C30H36FN3O5S. The molecule has 0 saturated heterocycles. The van der Waals surface area contributed by atoms with Crippen molar-refractivity contribution in [3.05, 3.63) is 95.8 Å². The van der Waals surface area contributed by atoms with Crippen LogP contribution in [-0.2, 0) is 32.6 Å². The first-order chi connectivity index (χ1) is 19.1. The van der Waals surface area contributed by atoms with Gasteiger partial charge in [-0.15, -0.1) is 0 Å². The number of likely N-dealkylation sites (N-methyl/N-ethyl adjacent to an activating group) is 1. The lowest BCUT2D eigenvalue weighted by molar-refractivity contribution is -0.141. The van der Waals surface area contributed by atoms with Gasteiger partial charge in [0.05, 0.1) is 19.1 Å². The third-order valence-corrected chi connectivity index (χ3v) is 7.63. The number of nitrogens with zero attached hydrogens (tertiary/aromatic N) is 2. The number of benzene rings is 3. The largest absolute Gasteiger partial charge is 0.497 e. The van der Waals surface area contributed by atoms with Crippen molar-refractivity contribution in [3.63, 3.8) is 0 Å². The zero-order chi connectivity index (χ0) is 29.1. The van der Waals surface area contributed by atoms with Gasteiger partial charge in [-0.25, -0.2) is 12.8 Å². The number of hydrogen-bond acceptors (Lipinski definition) is 5. The average Bonchev–Trinajstić information content (AvgIpc) is 2.94. The van der Waals surface area contributed by atoms with Gasteiger partial charge < -0.3 is 15.0 Å². The van der Waals surface area contributed by atoms with Gasteiger partial charge in [0.1, 0.15) is 17.6 Å². The minimum absolute atomic E-state index is 0.0404. The van der Waals surface area contributed by atoms with E-state index in [9.17, 15) is 22.4 Å². The summed E-state index contributed by atoms with van der Waals surface area (Å²) in [6.07, 6.45) is 1.50. The predicted octanol–water partition coefficient (Wildman–Crippen LogP) is 4.16. The standard InChI is InChI=1S/C30H36FN3O5S/c1-4-32-30(36)28(21-23-11-6-5-7-12-23)33(22-24-13-8-9-14-27(24)31)29(35)15-10-20-34(40(3,37)38)25-16-18-26(39-2)19-17-25/h5-9,11-14,16-19,28H,4,10,15,20-22H2,1-3H3,(H,32,36)/t28-/m1/s1. The van der Waals surface area contributed by atoms with Crippen LogP contribution in [0, 0.1) is 5.82 Å². The van der Waals surface area contributed by atoms with Crippen LogP contribution in [0.4, 0.5) is 10.1 Å². The SMILES string of the molecule is CCNC(=O)[C@@H](Cc1ccccc1)N(Cc1ccccc1F)C(=O)CCCN(c1ccc(OC)cc1)S(C)(=O)=O. The van der Waals surface area contributed by atoms with E-state index in [0.717, 1.165) is 11.8 Å². The molecule has 0 radical (unpaired) electrons. The summed E-state index contributed by atoms with van der Waals surface area (Å²) >= 11 is 0. The highest BCUT2D eigenvalue weighted by Crippen LogP contribution is 2.23. The molecule has 0 bridgehead atoms. The van der Waals surface area contributed by atoms with E-state index in [1.54, 1.807) is 49.4 Å². The molecule has 40 heavy (non-hydrogen) atoms. The van der Waals surface area contributed by atoms with Crippen LogP contribution in [0.25, 0.3) is 0 Å². The Kier molecular flexibility index (Phi) is 11.1. The molecule has 2 amide bonds. The lowest BCUT2D eigenvalue weighted by Gasteiger charge is -2.32. The zero-order valence-corrected chi connectivity index (χ0v) is 23.9. The summed E-state index contributed by atoms with van der Waals surface area (Å²) in [6.45, 7) is 2.11. The van der Waals surface area contributed by atoms with Gasteiger partial charge in [0.25, 0.3) is 0 Å². The molecule has 0 fully saturated rings. The number of halogens is 1. The number of carbonyl (C=O) groups excluding carboxylic acids is 2. The molecule has 3 rings (SSSR count). The number of sulfonamides is 1. The monoisotopic (exact) mass is 569 g/mol. The number of rotatable bonds is 14. The van der Waals surface area contributed by atoms with E-state index < -0.39 is 21.9 Å². The predicted molar refractivity (Wildman–Crippen MR) is 154 cm³/mol. The first kappa shape index (κ1) is 30.6. The topological polar surface area (TPSA) is 96.0 Å². The Morgan fingerprint density at radius 1 is 0.975 bits per heavy atom. The molecule has 0 saturated carbocycles.